The molecule has 1 heterocycles. The zero-order valence-electron chi connectivity index (χ0n) is 25.6. The van der Waals surface area contributed by atoms with Gasteiger partial charge in [0.2, 0.25) is 5.91 Å². The molecule has 2 aromatic rings. The third-order valence-electron chi connectivity index (χ3n) is 8.11. The molecule has 0 spiro atoms. The minimum absolute atomic E-state index is 0.0622. The van der Waals surface area contributed by atoms with Gasteiger partial charge < -0.3 is 9.32 Å². The van der Waals surface area contributed by atoms with Crippen molar-refractivity contribution in [3.8, 4) is 11.5 Å². The van der Waals surface area contributed by atoms with Gasteiger partial charge in [-0.2, -0.15) is 0 Å². The van der Waals surface area contributed by atoms with Crippen molar-refractivity contribution in [2.75, 3.05) is 19.0 Å². The van der Waals surface area contributed by atoms with Crippen LogP contribution in [0.15, 0.2) is 57.9 Å². The van der Waals surface area contributed by atoms with E-state index in [4.69, 9.17) is 9.40 Å². The molecule has 0 fully saturated rings. The molecule has 41 heavy (non-hydrogen) atoms. The van der Waals surface area contributed by atoms with Crippen molar-refractivity contribution in [3.05, 3.63) is 53.9 Å². The lowest BCUT2D eigenvalue weighted by molar-refractivity contribution is -0.118. The monoisotopic (exact) mass is 555 g/mol. The van der Waals surface area contributed by atoms with Gasteiger partial charge in [-0.3, -0.25) is 4.79 Å². The minimum atomic E-state index is -0.0622. The van der Waals surface area contributed by atoms with E-state index in [9.17, 15) is 4.79 Å². The van der Waals surface area contributed by atoms with Crippen molar-refractivity contribution >= 4 is 33.5 Å². The molecule has 0 saturated heterocycles. The summed E-state index contributed by atoms with van der Waals surface area (Å²) in [7, 11) is 4.01. The molecule has 0 unspecified atom stereocenters. The smallest absolute Gasteiger partial charge is 0.246 e. The molecule has 2 aromatic carbocycles. The maximum Gasteiger partial charge on any atom is 0.246 e. The van der Waals surface area contributed by atoms with Crippen molar-refractivity contribution in [1.29, 1.82) is 0 Å². The molecule has 1 amide bonds. The van der Waals surface area contributed by atoms with E-state index in [0.717, 1.165) is 40.5 Å². The van der Waals surface area contributed by atoms with Crippen molar-refractivity contribution in [1.82, 2.24) is 4.98 Å². The van der Waals surface area contributed by atoms with Gasteiger partial charge in [-0.1, -0.05) is 121 Å². The van der Waals surface area contributed by atoms with Gasteiger partial charge in [-0.25, -0.2) is 9.98 Å². The summed E-state index contributed by atoms with van der Waals surface area (Å²) in [6.07, 6.45) is 20.2. The van der Waals surface area contributed by atoms with Crippen LogP contribution in [0.25, 0.3) is 33.3 Å². The second kappa shape index (κ2) is 16.3. The average Bonchev–Trinajstić information content (AvgIpc) is 2.98. The van der Waals surface area contributed by atoms with Crippen LogP contribution in [-0.2, 0) is 4.79 Å². The highest BCUT2D eigenvalue weighted by Gasteiger charge is 2.15. The zero-order valence-corrected chi connectivity index (χ0v) is 25.6. The second-order valence-electron chi connectivity index (χ2n) is 11.8. The number of rotatable bonds is 17. The number of carbonyl (C=O) groups is 1. The Morgan fingerprint density at radius 1 is 0.756 bits per heavy atom. The number of aromatic nitrogens is 1. The Bertz CT molecular complexity index is 1420. The van der Waals surface area contributed by atoms with Gasteiger partial charge >= 0.3 is 0 Å². The molecule has 0 atom stereocenters. The number of hydrogen-bond acceptors (Lipinski definition) is 4. The average molecular weight is 556 g/mol. The molecule has 4 rings (SSSR count). The molecule has 5 heteroatoms. The van der Waals surface area contributed by atoms with Crippen LogP contribution in [0, 0.1) is 0 Å². The Morgan fingerprint density at radius 3 is 1.95 bits per heavy atom. The predicted octanol–water partition coefficient (Wildman–Crippen LogP) is 9.84. The van der Waals surface area contributed by atoms with E-state index in [0.29, 0.717) is 23.1 Å². The first kappa shape index (κ1) is 30.7. The van der Waals surface area contributed by atoms with Crippen molar-refractivity contribution in [2.45, 2.75) is 110 Å². The first-order valence-electron chi connectivity index (χ1n) is 16.1. The van der Waals surface area contributed by atoms with Gasteiger partial charge in [0.1, 0.15) is 11.2 Å². The number of benzene rings is 3. The molecule has 1 aliphatic carbocycles. The first-order valence-corrected chi connectivity index (χ1v) is 16.1. The standard InChI is InChI=1S/C36H49N3O2/c1-4-5-6-7-8-9-10-11-12-13-14-15-16-17-18-23-35(40)37-32-27-34-36(30-22-20-19-21-29(30)32)38-31-25-24-28(39(2)3)26-33(31)41-34/h19-22,24-27H,4-18,23H2,1-3H3/b37-32+. The topological polar surface area (TPSA) is 58.7 Å². The number of fused-ring (bicyclic) bond motifs is 4. The van der Waals surface area contributed by atoms with Crippen LogP contribution >= 0.6 is 0 Å². The lowest BCUT2D eigenvalue weighted by Crippen LogP contribution is -2.10. The number of carbonyl (C=O) groups excluding carboxylic acids is 1. The second-order valence-corrected chi connectivity index (χ2v) is 11.8. The molecule has 1 aliphatic heterocycles. The zero-order chi connectivity index (χ0) is 28.9. The van der Waals surface area contributed by atoms with Crippen LogP contribution in [0.3, 0.4) is 0 Å². The summed E-state index contributed by atoms with van der Waals surface area (Å²) in [5.41, 5.74) is 3.36. The summed E-state index contributed by atoms with van der Waals surface area (Å²) in [5, 5.41) is 2.54. The molecular weight excluding hydrogens is 506 g/mol. The van der Waals surface area contributed by atoms with Gasteiger partial charge in [0.05, 0.1) is 5.36 Å². The molecule has 0 aromatic heterocycles. The molecule has 5 nitrogen and oxygen atoms in total. The lowest BCUT2D eigenvalue weighted by Gasteiger charge is -2.14. The van der Waals surface area contributed by atoms with E-state index >= 15 is 0 Å². The predicted molar refractivity (Wildman–Crippen MR) is 173 cm³/mol. The quantitative estimate of drug-likeness (QED) is 0.0739. The van der Waals surface area contributed by atoms with Gasteiger partial charge in [-0.15, -0.1) is 0 Å². The van der Waals surface area contributed by atoms with Gasteiger partial charge in [-0.05, 0) is 18.6 Å². The maximum atomic E-state index is 12.8. The van der Waals surface area contributed by atoms with Crippen molar-refractivity contribution in [3.63, 3.8) is 0 Å². The van der Waals surface area contributed by atoms with Crippen molar-refractivity contribution in [2.24, 2.45) is 4.99 Å². The SMILES string of the molecule is CCCCCCCCCCCCCCCCCC(=O)/N=c1\cc2oc3cc(N(C)C)ccc3nc-2c2ccccc12. The van der Waals surface area contributed by atoms with Gasteiger partial charge in [0, 0.05) is 49.1 Å². The van der Waals surface area contributed by atoms with Crippen molar-refractivity contribution < 1.29 is 9.21 Å². The lowest BCUT2D eigenvalue weighted by atomic mass is 10.0. The third-order valence-corrected chi connectivity index (χ3v) is 8.11. The largest absolute Gasteiger partial charge is 0.453 e. The van der Waals surface area contributed by atoms with E-state index in [1.54, 1.807) is 0 Å². The van der Waals surface area contributed by atoms with E-state index in [1.165, 1.54) is 83.5 Å². The molecular formula is C36H49N3O2. The number of nitrogens with zero attached hydrogens (tertiary/aromatic N) is 3. The van der Waals surface area contributed by atoms with Crippen LogP contribution in [-0.4, -0.2) is 25.0 Å². The van der Waals surface area contributed by atoms with Gasteiger partial charge in [0.25, 0.3) is 0 Å². The van der Waals surface area contributed by atoms with Crippen LogP contribution in [0.4, 0.5) is 5.69 Å². The van der Waals surface area contributed by atoms with E-state index in [2.05, 4.69) is 11.9 Å². The highest BCUT2D eigenvalue weighted by molar-refractivity contribution is 5.97. The van der Waals surface area contributed by atoms with Crippen LogP contribution < -0.4 is 10.3 Å². The fraction of sp³-hybridized carbons (Fsp3) is 0.528. The molecule has 0 radical (unpaired) electrons. The van der Waals surface area contributed by atoms with Gasteiger partial charge in [0.15, 0.2) is 11.3 Å². The minimum Gasteiger partial charge on any atom is -0.453 e. The summed E-state index contributed by atoms with van der Waals surface area (Å²) < 4.78 is 6.30. The summed E-state index contributed by atoms with van der Waals surface area (Å²) >= 11 is 0. The fourth-order valence-electron chi connectivity index (χ4n) is 5.63. The number of hydrogen-bond donors (Lipinski definition) is 0. The molecule has 0 N–H and O–H groups in total. The third kappa shape index (κ3) is 9.14. The Morgan fingerprint density at radius 2 is 1.34 bits per heavy atom. The Hall–Kier alpha value is -3.21. The molecule has 220 valence electrons. The Balaban J connectivity index is 1.26. The number of anilines is 1. The Kier molecular flexibility index (Phi) is 12.2. The normalized spacial score (nSPS) is 12.1. The summed E-state index contributed by atoms with van der Waals surface area (Å²) in [6, 6.07) is 15.9. The van der Waals surface area contributed by atoms with E-state index < -0.39 is 0 Å². The maximum absolute atomic E-state index is 12.8. The summed E-state index contributed by atoms with van der Waals surface area (Å²) in [4.78, 5) is 24.3. The number of unbranched alkanes of at least 4 members (excludes halogenated alkanes) is 14. The highest BCUT2D eigenvalue weighted by Crippen LogP contribution is 2.31. The fourth-order valence-corrected chi connectivity index (χ4v) is 5.63. The molecule has 0 saturated carbocycles. The van der Waals surface area contributed by atoms with E-state index in [-0.39, 0.29) is 5.91 Å². The summed E-state index contributed by atoms with van der Waals surface area (Å²) in [5.74, 6) is 0.582. The van der Waals surface area contributed by atoms with Crippen LogP contribution in [0.1, 0.15) is 110 Å². The Labute approximate surface area is 246 Å². The van der Waals surface area contributed by atoms with Crippen LogP contribution in [0.2, 0.25) is 0 Å². The molecule has 2 aliphatic rings. The van der Waals surface area contributed by atoms with E-state index in [1.807, 2.05) is 67.5 Å². The molecule has 0 bridgehead atoms. The highest BCUT2D eigenvalue weighted by atomic mass is 16.3. The number of amides is 1. The summed E-state index contributed by atoms with van der Waals surface area (Å²) in [6.45, 7) is 2.28. The van der Waals surface area contributed by atoms with Crippen LogP contribution in [0.5, 0.6) is 0 Å². The first-order chi connectivity index (χ1) is 20.1.